The molecule has 0 aromatic carbocycles. The number of ether oxygens (including phenoxy) is 1. The first-order valence-electron chi connectivity index (χ1n) is 5.86. The molecule has 0 aliphatic rings. The average Bonchev–Trinajstić information content (AvgIpc) is 3.11. The molecule has 4 nitrogen and oxygen atoms in total. The highest BCUT2D eigenvalue weighted by Crippen LogP contribution is 2.19. The molecular weight excluding hydrogens is 282 g/mol. The molecule has 0 spiro atoms. The van der Waals surface area contributed by atoms with Gasteiger partial charge in [-0.15, -0.1) is 0 Å². The minimum absolute atomic E-state index is 0.0287. The van der Waals surface area contributed by atoms with Crippen LogP contribution in [0, 0.1) is 0 Å². The second-order valence-electron chi connectivity index (χ2n) is 3.86. The molecule has 19 heavy (non-hydrogen) atoms. The summed E-state index contributed by atoms with van der Waals surface area (Å²) in [5.74, 6) is -0.103. The SMILES string of the molecule is O=C(NC[C@@H](OCCO)c1ccsc1)c1ccsc1. The van der Waals surface area contributed by atoms with Gasteiger partial charge in [0, 0.05) is 17.5 Å². The highest BCUT2D eigenvalue weighted by Gasteiger charge is 2.14. The molecule has 0 saturated carbocycles. The third-order valence-corrected chi connectivity index (χ3v) is 3.94. The van der Waals surface area contributed by atoms with Gasteiger partial charge in [0.25, 0.3) is 5.91 Å². The lowest BCUT2D eigenvalue weighted by Gasteiger charge is -2.17. The van der Waals surface area contributed by atoms with Crippen molar-refractivity contribution in [2.75, 3.05) is 19.8 Å². The number of aliphatic hydroxyl groups excluding tert-OH is 1. The van der Waals surface area contributed by atoms with Crippen LogP contribution in [0.15, 0.2) is 33.7 Å². The van der Waals surface area contributed by atoms with Gasteiger partial charge in [-0.1, -0.05) is 0 Å². The molecule has 0 saturated heterocycles. The van der Waals surface area contributed by atoms with Crippen LogP contribution in [0.4, 0.5) is 0 Å². The monoisotopic (exact) mass is 297 g/mol. The van der Waals surface area contributed by atoms with E-state index >= 15 is 0 Å². The van der Waals surface area contributed by atoms with Gasteiger partial charge in [0.15, 0.2) is 0 Å². The number of hydrogen-bond donors (Lipinski definition) is 2. The van der Waals surface area contributed by atoms with Gasteiger partial charge in [0.2, 0.25) is 0 Å². The molecule has 0 radical (unpaired) electrons. The number of rotatable bonds is 7. The Morgan fingerprint density at radius 3 is 2.74 bits per heavy atom. The van der Waals surface area contributed by atoms with Crippen molar-refractivity contribution in [3.63, 3.8) is 0 Å². The molecule has 102 valence electrons. The van der Waals surface area contributed by atoms with Gasteiger partial charge >= 0.3 is 0 Å². The van der Waals surface area contributed by atoms with Crippen molar-refractivity contribution in [1.29, 1.82) is 0 Å². The predicted octanol–water partition coefficient (Wildman–Crippen LogP) is 2.29. The third kappa shape index (κ3) is 4.14. The molecule has 2 aromatic heterocycles. The smallest absolute Gasteiger partial charge is 0.252 e. The Labute approximate surface area is 119 Å². The number of carbonyl (C=O) groups is 1. The molecule has 0 unspecified atom stereocenters. The predicted molar refractivity (Wildman–Crippen MR) is 76.8 cm³/mol. The van der Waals surface area contributed by atoms with E-state index in [0.717, 1.165) is 5.56 Å². The summed E-state index contributed by atoms with van der Waals surface area (Å²) < 4.78 is 5.55. The molecule has 0 fully saturated rings. The molecule has 1 atom stereocenters. The first kappa shape index (κ1) is 14.2. The van der Waals surface area contributed by atoms with Gasteiger partial charge in [-0.2, -0.15) is 22.7 Å². The Bertz CT molecular complexity index is 482. The van der Waals surface area contributed by atoms with Crippen LogP contribution < -0.4 is 5.32 Å². The van der Waals surface area contributed by atoms with Gasteiger partial charge in [0.1, 0.15) is 6.10 Å². The van der Waals surface area contributed by atoms with Crippen molar-refractivity contribution < 1.29 is 14.6 Å². The van der Waals surface area contributed by atoms with Crippen LogP contribution in [0.3, 0.4) is 0 Å². The summed E-state index contributed by atoms with van der Waals surface area (Å²) in [6, 6.07) is 3.75. The van der Waals surface area contributed by atoms with Crippen molar-refractivity contribution in [2.45, 2.75) is 6.10 Å². The number of aliphatic hydroxyl groups is 1. The van der Waals surface area contributed by atoms with Crippen LogP contribution in [0.25, 0.3) is 0 Å². The third-order valence-electron chi connectivity index (χ3n) is 2.56. The standard InChI is InChI=1S/C13H15NO3S2/c15-3-4-17-12(10-1-5-18-8-10)7-14-13(16)11-2-6-19-9-11/h1-2,5-6,8-9,12,15H,3-4,7H2,(H,14,16)/t12-/m1/s1. The summed E-state index contributed by atoms with van der Waals surface area (Å²) in [5.41, 5.74) is 1.68. The summed E-state index contributed by atoms with van der Waals surface area (Å²) in [5, 5.41) is 19.3. The lowest BCUT2D eigenvalue weighted by molar-refractivity contribution is 0.0279. The average molecular weight is 297 g/mol. The molecule has 0 aliphatic heterocycles. The molecule has 2 rings (SSSR count). The van der Waals surface area contributed by atoms with Crippen molar-refractivity contribution in [2.24, 2.45) is 0 Å². The molecule has 0 bridgehead atoms. The fourth-order valence-corrected chi connectivity index (χ4v) is 2.95. The summed E-state index contributed by atoms with van der Waals surface area (Å²) in [6.07, 6.45) is -0.221. The molecule has 6 heteroatoms. The Hall–Kier alpha value is -1.21. The van der Waals surface area contributed by atoms with E-state index in [1.807, 2.05) is 27.6 Å². The summed E-state index contributed by atoms with van der Waals surface area (Å²) in [4.78, 5) is 11.8. The number of nitrogens with one attached hydrogen (secondary N) is 1. The van der Waals surface area contributed by atoms with Gasteiger partial charge in [-0.05, 0) is 33.8 Å². The molecule has 0 aliphatic carbocycles. The molecular formula is C13H15NO3S2. The van der Waals surface area contributed by atoms with E-state index in [9.17, 15) is 4.79 Å². The van der Waals surface area contributed by atoms with Crippen molar-refractivity contribution >= 4 is 28.6 Å². The second-order valence-corrected chi connectivity index (χ2v) is 5.42. The molecule has 1 amide bonds. The van der Waals surface area contributed by atoms with E-state index in [0.29, 0.717) is 12.1 Å². The van der Waals surface area contributed by atoms with Crippen molar-refractivity contribution in [1.82, 2.24) is 5.32 Å². The van der Waals surface area contributed by atoms with Gasteiger partial charge in [0.05, 0.1) is 13.2 Å². The largest absolute Gasteiger partial charge is 0.394 e. The molecule has 2 heterocycles. The Morgan fingerprint density at radius 1 is 1.32 bits per heavy atom. The minimum atomic E-state index is -0.221. The Morgan fingerprint density at radius 2 is 2.11 bits per heavy atom. The highest BCUT2D eigenvalue weighted by atomic mass is 32.1. The van der Waals surface area contributed by atoms with E-state index in [-0.39, 0.29) is 25.2 Å². The van der Waals surface area contributed by atoms with E-state index < -0.39 is 0 Å². The molecule has 2 aromatic rings. The van der Waals surface area contributed by atoms with E-state index in [1.54, 1.807) is 17.4 Å². The maximum Gasteiger partial charge on any atom is 0.252 e. The number of amides is 1. The zero-order chi connectivity index (χ0) is 13.5. The van der Waals surface area contributed by atoms with E-state index in [2.05, 4.69) is 5.32 Å². The zero-order valence-electron chi connectivity index (χ0n) is 10.2. The number of thiophene rings is 2. The normalized spacial score (nSPS) is 12.3. The van der Waals surface area contributed by atoms with Crippen molar-refractivity contribution in [3.8, 4) is 0 Å². The van der Waals surface area contributed by atoms with Gasteiger partial charge in [-0.25, -0.2) is 0 Å². The topological polar surface area (TPSA) is 58.6 Å². The van der Waals surface area contributed by atoms with E-state index in [4.69, 9.17) is 9.84 Å². The Balaban J connectivity index is 1.91. The Kier molecular flexibility index (Phi) is 5.53. The minimum Gasteiger partial charge on any atom is -0.394 e. The quantitative estimate of drug-likeness (QED) is 0.824. The van der Waals surface area contributed by atoms with Gasteiger partial charge in [-0.3, -0.25) is 4.79 Å². The second kappa shape index (κ2) is 7.40. The lowest BCUT2D eigenvalue weighted by atomic mass is 10.2. The van der Waals surface area contributed by atoms with Crippen LogP contribution in [-0.4, -0.2) is 30.8 Å². The van der Waals surface area contributed by atoms with Crippen LogP contribution in [0.2, 0.25) is 0 Å². The summed E-state index contributed by atoms with van der Waals surface area (Å²) in [6.45, 7) is 0.624. The first-order chi connectivity index (χ1) is 9.31. The van der Waals surface area contributed by atoms with Crippen LogP contribution in [0.5, 0.6) is 0 Å². The first-order valence-corrected chi connectivity index (χ1v) is 7.75. The highest BCUT2D eigenvalue weighted by molar-refractivity contribution is 7.08. The maximum atomic E-state index is 11.8. The zero-order valence-corrected chi connectivity index (χ0v) is 11.9. The summed E-state index contributed by atoms with van der Waals surface area (Å²) in [7, 11) is 0. The fourth-order valence-electron chi connectivity index (χ4n) is 1.61. The lowest BCUT2D eigenvalue weighted by Crippen LogP contribution is -2.29. The van der Waals surface area contributed by atoms with E-state index in [1.165, 1.54) is 11.3 Å². The fraction of sp³-hybridized carbons (Fsp3) is 0.308. The maximum absolute atomic E-state index is 11.8. The van der Waals surface area contributed by atoms with Crippen LogP contribution in [0.1, 0.15) is 22.0 Å². The molecule has 2 N–H and O–H groups in total. The van der Waals surface area contributed by atoms with Crippen LogP contribution >= 0.6 is 22.7 Å². The van der Waals surface area contributed by atoms with Crippen LogP contribution in [-0.2, 0) is 4.74 Å². The van der Waals surface area contributed by atoms with Gasteiger partial charge < -0.3 is 15.2 Å². The number of carbonyl (C=O) groups excluding carboxylic acids is 1. The van der Waals surface area contributed by atoms with Crippen molar-refractivity contribution in [3.05, 3.63) is 44.8 Å². The summed E-state index contributed by atoms with van der Waals surface area (Å²) >= 11 is 3.07. The number of hydrogen-bond acceptors (Lipinski definition) is 5.